The third-order valence-electron chi connectivity index (χ3n) is 4.09. The Labute approximate surface area is 163 Å². The maximum Gasteiger partial charge on any atom is 0.262 e. The second kappa shape index (κ2) is 9.24. The number of rotatable bonds is 7. The van der Waals surface area contributed by atoms with Gasteiger partial charge >= 0.3 is 0 Å². The van der Waals surface area contributed by atoms with Crippen LogP contribution in [0.1, 0.15) is 22.5 Å². The summed E-state index contributed by atoms with van der Waals surface area (Å²) < 4.78 is 10.9. The standard InChI is InChI=1S/C23H20N2O3/c1-17-4-6-19(7-5-17)16-28-21-10-8-18(9-11-21)13-20(14-24)23(26)25-15-22-3-2-12-27-22/h2-13H,15-16H2,1H3,(H,25,26)/b20-13+. The molecule has 1 amide bonds. The maximum atomic E-state index is 12.2. The van der Waals surface area contributed by atoms with E-state index < -0.39 is 5.91 Å². The zero-order valence-electron chi connectivity index (χ0n) is 15.5. The molecule has 0 saturated carbocycles. The van der Waals surface area contributed by atoms with Crippen molar-refractivity contribution in [3.8, 4) is 11.8 Å². The highest BCUT2D eigenvalue weighted by Crippen LogP contribution is 2.16. The van der Waals surface area contributed by atoms with Gasteiger partial charge in [-0.05, 0) is 48.4 Å². The number of aryl methyl sites for hydroxylation is 1. The van der Waals surface area contributed by atoms with E-state index in [0.717, 1.165) is 16.9 Å². The zero-order chi connectivity index (χ0) is 19.8. The molecule has 0 spiro atoms. The van der Waals surface area contributed by atoms with Crippen LogP contribution in [0.2, 0.25) is 0 Å². The molecule has 28 heavy (non-hydrogen) atoms. The quantitative estimate of drug-likeness (QED) is 0.493. The van der Waals surface area contributed by atoms with E-state index in [4.69, 9.17) is 9.15 Å². The van der Waals surface area contributed by atoms with Crippen LogP contribution in [0.5, 0.6) is 5.75 Å². The molecular formula is C23H20N2O3. The first-order chi connectivity index (χ1) is 13.6. The SMILES string of the molecule is Cc1ccc(COc2ccc(/C=C(\C#N)C(=O)NCc3ccco3)cc2)cc1. The van der Waals surface area contributed by atoms with Gasteiger partial charge in [-0.1, -0.05) is 42.0 Å². The summed E-state index contributed by atoms with van der Waals surface area (Å²) in [5.74, 6) is 0.901. The van der Waals surface area contributed by atoms with Crippen molar-refractivity contribution in [2.24, 2.45) is 0 Å². The van der Waals surface area contributed by atoms with Gasteiger partial charge in [-0.2, -0.15) is 5.26 Å². The summed E-state index contributed by atoms with van der Waals surface area (Å²) in [6.45, 7) is 2.76. The number of nitriles is 1. The molecule has 0 unspecified atom stereocenters. The molecule has 0 saturated heterocycles. The molecule has 1 N–H and O–H groups in total. The fourth-order valence-electron chi connectivity index (χ4n) is 2.50. The number of amides is 1. The molecule has 0 atom stereocenters. The van der Waals surface area contributed by atoms with Crippen LogP contribution in [-0.2, 0) is 17.9 Å². The van der Waals surface area contributed by atoms with Crippen molar-refractivity contribution in [2.75, 3.05) is 0 Å². The zero-order valence-corrected chi connectivity index (χ0v) is 15.5. The summed E-state index contributed by atoms with van der Waals surface area (Å²) >= 11 is 0. The maximum absolute atomic E-state index is 12.2. The number of hydrogen-bond donors (Lipinski definition) is 1. The molecule has 2 aromatic carbocycles. The van der Waals surface area contributed by atoms with Crippen LogP contribution in [0.15, 0.2) is 76.9 Å². The molecule has 1 aromatic heterocycles. The highest BCUT2D eigenvalue weighted by atomic mass is 16.5. The molecule has 5 nitrogen and oxygen atoms in total. The Bertz CT molecular complexity index is 980. The van der Waals surface area contributed by atoms with Crippen molar-refractivity contribution in [3.05, 3.63) is 95.0 Å². The minimum Gasteiger partial charge on any atom is -0.489 e. The highest BCUT2D eigenvalue weighted by Gasteiger charge is 2.09. The van der Waals surface area contributed by atoms with E-state index in [1.807, 2.05) is 61.5 Å². The van der Waals surface area contributed by atoms with E-state index >= 15 is 0 Å². The monoisotopic (exact) mass is 372 g/mol. The van der Waals surface area contributed by atoms with Gasteiger partial charge in [-0.3, -0.25) is 4.79 Å². The fraction of sp³-hybridized carbons (Fsp3) is 0.130. The Kier molecular flexibility index (Phi) is 6.27. The van der Waals surface area contributed by atoms with Gasteiger partial charge in [-0.15, -0.1) is 0 Å². The molecule has 1 heterocycles. The first kappa shape index (κ1) is 19.0. The number of nitrogens with one attached hydrogen (secondary N) is 1. The Hall–Kier alpha value is -3.78. The topological polar surface area (TPSA) is 75.3 Å². The first-order valence-corrected chi connectivity index (χ1v) is 8.85. The van der Waals surface area contributed by atoms with Gasteiger partial charge in [-0.25, -0.2) is 0 Å². The van der Waals surface area contributed by atoms with Crippen LogP contribution in [0.25, 0.3) is 6.08 Å². The number of carbonyl (C=O) groups excluding carboxylic acids is 1. The first-order valence-electron chi connectivity index (χ1n) is 8.85. The van der Waals surface area contributed by atoms with Gasteiger partial charge in [0.05, 0.1) is 12.8 Å². The average Bonchev–Trinajstić information content (AvgIpc) is 3.24. The number of benzene rings is 2. The van der Waals surface area contributed by atoms with Crippen LogP contribution in [0.4, 0.5) is 0 Å². The second-order valence-electron chi connectivity index (χ2n) is 6.28. The number of hydrogen-bond acceptors (Lipinski definition) is 4. The third kappa shape index (κ3) is 5.36. The van der Waals surface area contributed by atoms with Crippen molar-refractivity contribution in [2.45, 2.75) is 20.1 Å². The highest BCUT2D eigenvalue weighted by molar-refractivity contribution is 6.01. The molecular weight excluding hydrogens is 352 g/mol. The molecule has 3 rings (SSSR count). The van der Waals surface area contributed by atoms with Crippen LogP contribution in [-0.4, -0.2) is 5.91 Å². The second-order valence-corrected chi connectivity index (χ2v) is 6.28. The van der Waals surface area contributed by atoms with Gasteiger partial charge < -0.3 is 14.5 Å². The van der Waals surface area contributed by atoms with Crippen LogP contribution in [0.3, 0.4) is 0 Å². The molecule has 0 radical (unpaired) electrons. The van der Waals surface area contributed by atoms with Crippen molar-refractivity contribution in [3.63, 3.8) is 0 Å². The van der Waals surface area contributed by atoms with E-state index in [0.29, 0.717) is 12.4 Å². The minimum absolute atomic E-state index is 0.0277. The lowest BCUT2D eigenvalue weighted by atomic mass is 10.1. The van der Waals surface area contributed by atoms with E-state index in [2.05, 4.69) is 5.32 Å². The van der Waals surface area contributed by atoms with Crippen molar-refractivity contribution in [1.29, 1.82) is 5.26 Å². The van der Waals surface area contributed by atoms with Gasteiger partial charge in [0.25, 0.3) is 5.91 Å². The molecule has 0 aliphatic heterocycles. The van der Waals surface area contributed by atoms with Crippen LogP contribution >= 0.6 is 0 Å². The molecule has 0 fully saturated rings. The van der Waals surface area contributed by atoms with E-state index in [1.165, 1.54) is 11.8 Å². The van der Waals surface area contributed by atoms with Gasteiger partial charge in [0.1, 0.15) is 29.8 Å². The number of ether oxygens (including phenoxy) is 1. The largest absolute Gasteiger partial charge is 0.489 e. The van der Waals surface area contributed by atoms with Crippen LogP contribution < -0.4 is 10.1 Å². The number of carbonyl (C=O) groups is 1. The predicted molar refractivity (Wildman–Crippen MR) is 106 cm³/mol. The lowest BCUT2D eigenvalue weighted by molar-refractivity contribution is -0.117. The summed E-state index contributed by atoms with van der Waals surface area (Å²) in [5.41, 5.74) is 3.07. The molecule has 0 aliphatic rings. The summed E-state index contributed by atoms with van der Waals surface area (Å²) in [4.78, 5) is 12.2. The normalized spacial score (nSPS) is 10.9. The predicted octanol–water partition coefficient (Wildman–Crippen LogP) is 4.39. The summed E-state index contributed by atoms with van der Waals surface area (Å²) in [6, 6.07) is 20.8. The third-order valence-corrected chi connectivity index (χ3v) is 4.09. The molecule has 0 bridgehead atoms. The van der Waals surface area contributed by atoms with Crippen molar-refractivity contribution < 1.29 is 13.9 Å². The molecule has 140 valence electrons. The van der Waals surface area contributed by atoms with Gasteiger partial charge in [0.15, 0.2) is 0 Å². The average molecular weight is 372 g/mol. The molecule has 3 aromatic rings. The Morgan fingerprint density at radius 2 is 1.89 bits per heavy atom. The summed E-state index contributed by atoms with van der Waals surface area (Å²) in [5, 5.41) is 11.9. The fourth-order valence-corrected chi connectivity index (χ4v) is 2.50. The Morgan fingerprint density at radius 1 is 1.14 bits per heavy atom. The van der Waals surface area contributed by atoms with Gasteiger partial charge in [0, 0.05) is 0 Å². The van der Waals surface area contributed by atoms with Crippen molar-refractivity contribution >= 4 is 12.0 Å². The minimum atomic E-state index is -0.446. The Balaban J connectivity index is 1.58. The van der Waals surface area contributed by atoms with Gasteiger partial charge in [0.2, 0.25) is 0 Å². The van der Waals surface area contributed by atoms with E-state index in [9.17, 15) is 10.1 Å². The number of nitrogens with zero attached hydrogens (tertiary/aromatic N) is 1. The lowest BCUT2D eigenvalue weighted by Gasteiger charge is -2.07. The van der Waals surface area contributed by atoms with Crippen LogP contribution in [0, 0.1) is 18.3 Å². The lowest BCUT2D eigenvalue weighted by Crippen LogP contribution is -2.23. The summed E-state index contributed by atoms with van der Waals surface area (Å²) in [7, 11) is 0. The van der Waals surface area contributed by atoms with E-state index in [1.54, 1.807) is 18.2 Å². The molecule has 5 heteroatoms. The molecule has 0 aliphatic carbocycles. The van der Waals surface area contributed by atoms with Crippen molar-refractivity contribution in [1.82, 2.24) is 5.32 Å². The van der Waals surface area contributed by atoms with E-state index in [-0.39, 0.29) is 12.1 Å². The number of furan rings is 1. The Morgan fingerprint density at radius 3 is 2.54 bits per heavy atom. The smallest absolute Gasteiger partial charge is 0.262 e. The summed E-state index contributed by atoms with van der Waals surface area (Å²) in [6.07, 6.45) is 3.08.